The molecule has 180 valence electrons. The van der Waals surface area contributed by atoms with Gasteiger partial charge in [0.05, 0.1) is 14.2 Å². The van der Waals surface area contributed by atoms with Gasteiger partial charge in [0.2, 0.25) is 0 Å². The number of halogens is 2. The largest absolute Gasteiger partial charge is 0.488 e. The maximum absolute atomic E-state index is 13.2. The molecule has 1 amide bonds. The van der Waals surface area contributed by atoms with E-state index in [0.29, 0.717) is 28.9 Å². The van der Waals surface area contributed by atoms with E-state index in [4.69, 9.17) is 4.74 Å². The highest BCUT2D eigenvalue weighted by atomic mass is 127. The minimum absolute atomic E-state index is 0.0883. The Bertz CT molecular complexity index is 1500. The average molecular weight is 608 g/mol. The fourth-order valence-electron chi connectivity index (χ4n) is 3.95. The lowest BCUT2D eigenvalue weighted by atomic mass is 10.1. The lowest BCUT2D eigenvalue weighted by Crippen LogP contribution is -2.28. The molecule has 0 N–H and O–H groups in total. The molecule has 0 aromatic heterocycles. The molecule has 1 fully saturated rings. The molecule has 1 aliphatic rings. The highest BCUT2D eigenvalue weighted by molar-refractivity contribution is 14.1. The number of hydrogen-bond acceptors (Lipinski definition) is 4. The summed E-state index contributed by atoms with van der Waals surface area (Å²) in [6.45, 7) is 2.88. The molecule has 1 heterocycles. The quantitative estimate of drug-likeness (QED) is 0.166. The number of hydrogen-bond donors (Lipinski definition) is 0. The third-order valence-corrected chi connectivity index (χ3v) is 7.62. The van der Waals surface area contributed by atoms with Crippen molar-refractivity contribution in [1.29, 1.82) is 0 Å². The van der Waals surface area contributed by atoms with Crippen LogP contribution >= 0.6 is 34.4 Å². The van der Waals surface area contributed by atoms with Crippen LogP contribution in [0.3, 0.4) is 0 Å². The van der Waals surface area contributed by atoms with Crippen molar-refractivity contribution in [3.63, 3.8) is 0 Å². The van der Waals surface area contributed by atoms with Crippen LogP contribution < -0.4 is 4.74 Å². The number of amides is 1. The number of carbonyl (C=O) groups is 1. The molecule has 4 aromatic carbocycles. The van der Waals surface area contributed by atoms with Crippen LogP contribution in [0.25, 0.3) is 16.8 Å². The highest BCUT2D eigenvalue weighted by Crippen LogP contribution is 2.35. The Balaban J connectivity index is 1.33. The molecule has 0 saturated carbocycles. The topological polar surface area (TPSA) is 41.9 Å². The van der Waals surface area contributed by atoms with Crippen molar-refractivity contribution < 1.29 is 13.9 Å². The summed E-state index contributed by atoms with van der Waals surface area (Å²) in [6, 6.07) is 26.3. The number of rotatable bonds is 6. The molecule has 1 saturated heterocycles. The van der Waals surface area contributed by atoms with Gasteiger partial charge in [-0.2, -0.15) is 0 Å². The Kier molecular flexibility index (Phi) is 7.38. The summed E-state index contributed by atoms with van der Waals surface area (Å²) >= 11 is 3.59. The highest BCUT2D eigenvalue weighted by Gasteiger charge is 2.32. The van der Waals surface area contributed by atoms with Gasteiger partial charge >= 0.3 is 0 Å². The molecule has 4 aromatic rings. The van der Waals surface area contributed by atoms with Crippen molar-refractivity contribution in [2.45, 2.75) is 13.5 Å². The molecule has 0 bridgehead atoms. The molecule has 5 rings (SSSR count). The standard InChI is InChI=1S/C29H22FIN2O2S/c1-2-33-28(34)27(36-29(33)32-23-13-11-22(30)12-14-23)17-19-10-15-26(25(31)16-19)35-18-21-8-5-7-20-6-3-4-9-24(20)21/h3-17H,2,18H2,1H3/b27-17+,32-29?. The van der Waals surface area contributed by atoms with Gasteiger partial charge in [-0.05, 0) is 106 Å². The van der Waals surface area contributed by atoms with Crippen molar-refractivity contribution in [3.05, 3.63) is 110 Å². The van der Waals surface area contributed by atoms with Gasteiger partial charge in [0.1, 0.15) is 18.2 Å². The molecule has 1 aliphatic heterocycles. The van der Waals surface area contributed by atoms with Gasteiger partial charge in [-0.3, -0.25) is 9.69 Å². The second-order valence-corrected chi connectivity index (χ2v) is 10.3. The minimum Gasteiger partial charge on any atom is -0.488 e. The molecular weight excluding hydrogens is 586 g/mol. The number of carbonyl (C=O) groups excluding carboxylic acids is 1. The van der Waals surface area contributed by atoms with Crippen LogP contribution in [0.15, 0.2) is 94.8 Å². The molecule has 4 nitrogen and oxygen atoms in total. The minimum atomic E-state index is -0.318. The number of thioether (sulfide) groups is 1. The fraction of sp³-hybridized carbons (Fsp3) is 0.103. The Labute approximate surface area is 227 Å². The summed E-state index contributed by atoms with van der Waals surface area (Å²) in [5.41, 5.74) is 2.65. The van der Waals surface area contributed by atoms with E-state index >= 15 is 0 Å². The van der Waals surface area contributed by atoms with Crippen LogP contribution in [0.4, 0.5) is 10.1 Å². The number of ether oxygens (including phenoxy) is 1. The van der Waals surface area contributed by atoms with Crippen LogP contribution in [0.1, 0.15) is 18.1 Å². The van der Waals surface area contributed by atoms with E-state index in [2.05, 4.69) is 51.8 Å². The Morgan fingerprint density at radius 1 is 1.03 bits per heavy atom. The second-order valence-electron chi connectivity index (χ2n) is 8.15. The predicted molar refractivity (Wildman–Crippen MR) is 154 cm³/mol. The van der Waals surface area contributed by atoms with Gasteiger partial charge in [0, 0.05) is 6.54 Å². The zero-order chi connectivity index (χ0) is 25.1. The van der Waals surface area contributed by atoms with Crippen molar-refractivity contribution in [1.82, 2.24) is 4.90 Å². The van der Waals surface area contributed by atoms with Gasteiger partial charge < -0.3 is 4.74 Å². The van der Waals surface area contributed by atoms with Crippen molar-refractivity contribution in [2.75, 3.05) is 6.54 Å². The van der Waals surface area contributed by atoms with E-state index in [1.54, 1.807) is 17.0 Å². The monoisotopic (exact) mass is 608 g/mol. The maximum atomic E-state index is 13.2. The zero-order valence-electron chi connectivity index (χ0n) is 19.4. The van der Waals surface area contributed by atoms with E-state index < -0.39 is 0 Å². The lowest BCUT2D eigenvalue weighted by Gasteiger charge is -2.12. The van der Waals surface area contributed by atoms with Crippen LogP contribution in [-0.2, 0) is 11.4 Å². The van der Waals surface area contributed by atoms with E-state index in [-0.39, 0.29) is 11.7 Å². The summed E-state index contributed by atoms with van der Waals surface area (Å²) < 4.78 is 20.3. The predicted octanol–water partition coefficient (Wildman–Crippen LogP) is 7.79. The Morgan fingerprint density at radius 2 is 1.81 bits per heavy atom. The van der Waals surface area contributed by atoms with E-state index in [9.17, 15) is 9.18 Å². The zero-order valence-corrected chi connectivity index (χ0v) is 22.4. The van der Waals surface area contributed by atoms with Crippen LogP contribution in [-0.4, -0.2) is 22.5 Å². The van der Waals surface area contributed by atoms with Crippen LogP contribution in [0.2, 0.25) is 0 Å². The third-order valence-electron chi connectivity index (χ3n) is 5.77. The molecule has 0 spiro atoms. The summed E-state index contributed by atoms with van der Waals surface area (Å²) in [7, 11) is 0. The van der Waals surface area contributed by atoms with E-state index in [1.165, 1.54) is 34.7 Å². The second kappa shape index (κ2) is 10.8. The Hall–Kier alpha value is -3.17. The number of benzene rings is 4. The Morgan fingerprint density at radius 3 is 2.58 bits per heavy atom. The first-order valence-corrected chi connectivity index (χ1v) is 13.4. The number of fused-ring (bicyclic) bond motifs is 1. The molecule has 7 heteroatoms. The number of nitrogens with zero attached hydrogens (tertiary/aromatic N) is 2. The molecule has 0 unspecified atom stereocenters. The molecule has 36 heavy (non-hydrogen) atoms. The van der Waals surface area contributed by atoms with Gasteiger partial charge in [-0.15, -0.1) is 0 Å². The summed E-state index contributed by atoms with van der Waals surface area (Å²) in [5, 5.41) is 2.97. The van der Waals surface area contributed by atoms with Gasteiger partial charge in [0.15, 0.2) is 5.17 Å². The first-order chi connectivity index (χ1) is 17.5. The summed E-state index contributed by atoms with van der Waals surface area (Å²) in [5.74, 6) is 0.390. The number of amidine groups is 1. The van der Waals surface area contributed by atoms with Crippen molar-refractivity contribution in [3.8, 4) is 5.75 Å². The third kappa shape index (κ3) is 5.32. The lowest BCUT2D eigenvalue weighted by molar-refractivity contribution is -0.122. The number of aliphatic imine (C=N–C) groups is 1. The normalized spacial score (nSPS) is 15.9. The van der Waals surface area contributed by atoms with Crippen molar-refractivity contribution >= 4 is 68.0 Å². The van der Waals surface area contributed by atoms with Gasteiger partial charge in [-0.1, -0.05) is 48.5 Å². The first kappa shape index (κ1) is 24.5. The maximum Gasteiger partial charge on any atom is 0.266 e. The molecule has 0 aliphatic carbocycles. The van der Waals surface area contributed by atoms with Crippen molar-refractivity contribution in [2.24, 2.45) is 4.99 Å². The SMILES string of the molecule is CCN1C(=O)/C(=C\c2ccc(OCc3cccc4ccccc34)c(I)c2)SC1=Nc1ccc(F)cc1. The summed E-state index contributed by atoms with van der Waals surface area (Å²) in [4.78, 5) is 19.8. The smallest absolute Gasteiger partial charge is 0.266 e. The van der Waals surface area contributed by atoms with E-state index in [0.717, 1.165) is 20.4 Å². The molecule has 0 atom stereocenters. The van der Waals surface area contributed by atoms with Gasteiger partial charge in [0.25, 0.3) is 5.91 Å². The fourth-order valence-corrected chi connectivity index (χ4v) is 5.70. The van der Waals surface area contributed by atoms with Crippen LogP contribution in [0, 0.1) is 9.39 Å². The van der Waals surface area contributed by atoms with E-state index in [1.807, 2.05) is 49.4 Å². The van der Waals surface area contributed by atoms with Crippen LogP contribution in [0.5, 0.6) is 5.75 Å². The molecule has 0 radical (unpaired) electrons. The number of likely N-dealkylation sites (N-methyl/N-ethyl adjacent to an activating group) is 1. The summed E-state index contributed by atoms with van der Waals surface area (Å²) in [6.07, 6.45) is 1.87. The van der Waals surface area contributed by atoms with Gasteiger partial charge in [-0.25, -0.2) is 9.38 Å². The average Bonchev–Trinajstić information content (AvgIpc) is 3.18. The molecular formula is C29H22FIN2O2S. The first-order valence-electron chi connectivity index (χ1n) is 11.5.